The molecule has 2 rings (SSSR count). The number of hydrazine groups is 1. The number of amides is 3. The Kier molecular flexibility index (Phi) is 10.9. The van der Waals surface area contributed by atoms with Crippen LogP contribution in [0.2, 0.25) is 0 Å². The maximum Gasteiger partial charge on any atom is 0.410 e. The van der Waals surface area contributed by atoms with Crippen molar-refractivity contribution in [1.82, 2.24) is 15.8 Å². The Morgan fingerprint density at radius 3 is 2.25 bits per heavy atom. The Balaban J connectivity index is 2.04. The fourth-order valence-electron chi connectivity index (χ4n) is 3.50. The van der Waals surface area contributed by atoms with Crippen molar-refractivity contribution in [2.24, 2.45) is 0 Å². The minimum atomic E-state index is -0.713. The van der Waals surface area contributed by atoms with Gasteiger partial charge in [-0.1, -0.05) is 49.4 Å². The lowest BCUT2D eigenvalue weighted by molar-refractivity contribution is -0.136. The second-order valence-electron chi connectivity index (χ2n) is 9.67. The Labute approximate surface area is 214 Å². The molecule has 2 N–H and O–H groups in total. The normalized spacial score (nSPS) is 11.9. The van der Waals surface area contributed by atoms with E-state index in [1.54, 1.807) is 11.9 Å². The molecule has 0 aliphatic carbocycles. The van der Waals surface area contributed by atoms with Gasteiger partial charge in [-0.3, -0.25) is 20.4 Å². The minimum Gasteiger partial charge on any atom is -0.444 e. The lowest BCUT2D eigenvalue weighted by Gasteiger charge is -2.24. The first-order valence-corrected chi connectivity index (χ1v) is 12.3. The zero-order chi connectivity index (χ0) is 26.7. The van der Waals surface area contributed by atoms with Crippen molar-refractivity contribution in [3.05, 3.63) is 59.7 Å². The van der Waals surface area contributed by atoms with Crippen molar-refractivity contribution in [2.45, 2.75) is 72.1 Å². The summed E-state index contributed by atoms with van der Waals surface area (Å²) in [4.78, 5) is 38.0. The van der Waals surface area contributed by atoms with Gasteiger partial charge in [0.1, 0.15) is 11.7 Å². The Hall–Kier alpha value is -3.39. The number of carbonyl (C=O) groups excluding carboxylic acids is 3. The molecule has 0 radical (unpaired) electrons. The van der Waals surface area contributed by atoms with Gasteiger partial charge in [0.05, 0.1) is 0 Å². The third-order valence-corrected chi connectivity index (χ3v) is 5.22. The third kappa shape index (κ3) is 9.70. The molecule has 1 atom stereocenters. The van der Waals surface area contributed by atoms with E-state index in [4.69, 9.17) is 9.47 Å². The van der Waals surface area contributed by atoms with E-state index in [2.05, 4.69) is 10.9 Å². The second-order valence-corrected chi connectivity index (χ2v) is 9.67. The fraction of sp³-hybridized carbons (Fsp3) is 0.464. The smallest absolute Gasteiger partial charge is 0.410 e. The predicted molar refractivity (Wildman–Crippen MR) is 140 cm³/mol. The van der Waals surface area contributed by atoms with Crippen molar-refractivity contribution in [3.8, 4) is 11.1 Å². The van der Waals surface area contributed by atoms with Crippen LogP contribution in [0.3, 0.4) is 0 Å². The van der Waals surface area contributed by atoms with Crippen molar-refractivity contribution >= 4 is 17.9 Å². The van der Waals surface area contributed by atoms with Crippen LogP contribution in [-0.4, -0.2) is 48.2 Å². The molecule has 0 aromatic heterocycles. The van der Waals surface area contributed by atoms with E-state index in [1.165, 1.54) is 0 Å². The summed E-state index contributed by atoms with van der Waals surface area (Å²) < 4.78 is 11.0. The predicted octanol–water partition coefficient (Wildman–Crippen LogP) is 4.62. The van der Waals surface area contributed by atoms with E-state index in [1.807, 2.05) is 83.1 Å². The molecule has 3 amide bonds. The molecule has 36 heavy (non-hydrogen) atoms. The van der Waals surface area contributed by atoms with E-state index in [-0.39, 0.29) is 17.9 Å². The Morgan fingerprint density at radius 1 is 0.944 bits per heavy atom. The molecule has 0 saturated carbocycles. The first-order chi connectivity index (χ1) is 17.0. The molecule has 0 spiro atoms. The molecule has 8 heteroatoms. The van der Waals surface area contributed by atoms with Gasteiger partial charge in [0, 0.05) is 33.0 Å². The fourth-order valence-corrected chi connectivity index (χ4v) is 3.50. The highest BCUT2D eigenvalue weighted by Gasteiger charge is 2.21. The highest BCUT2D eigenvalue weighted by molar-refractivity contribution is 5.84. The molecule has 0 saturated heterocycles. The van der Waals surface area contributed by atoms with Gasteiger partial charge in [-0.05, 0) is 62.4 Å². The Morgan fingerprint density at radius 2 is 1.64 bits per heavy atom. The average Bonchev–Trinajstić information content (AvgIpc) is 2.82. The summed E-state index contributed by atoms with van der Waals surface area (Å²) >= 11 is 0. The highest BCUT2D eigenvalue weighted by atomic mass is 16.6. The van der Waals surface area contributed by atoms with Crippen LogP contribution in [-0.2, 0) is 32.0 Å². The molecule has 0 heterocycles. The topological polar surface area (TPSA) is 97.0 Å². The number of rotatable bonds is 10. The molecule has 0 aliphatic rings. The minimum absolute atomic E-state index is 0.232. The lowest BCUT2D eigenvalue weighted by Crippen LogP contribution is -2.47. The number of hydrogen-bond acceptors (Lipinski definition) is 5. The number of carbonyl (C=O) groups is 3. The van der Waals surface area contributed by atoms with Crippen molar-refractivity contribution in [1.29, 1.82) is 0 Å². The van der Waals surface area contributed by atoms with Crippen molar-refractivity contribution in [2.75, 3.05) is 13.7 Å². The van der Waals surface area contributed by atoms with Gasteiger partial charge in [-0.25, -0.2) is 4.79 Å². The van der Waals surface area contributed by atoms with Crippen LogP contribution < -0.4 is 10.9 Å². The van der Waals surface area contributed by atoms with E-state index < -0.39 is 11.7 Å². The molecule has 1 unspecified atom stereocenters. The van der Waals surface area contributed by atoms with Gasteiger partial charge < -0.3 is 14.4 Å². The van der Waals surface area contributed by atoms with Gasteiger partial charge in [0.2, 0.25) is 5.91 Å². The van der Waals surface area contributed by atoms with Crippen LogP contribution in [0.1, 0.15) is 58.6 Å². The van der Waals surface area contributed by atoms with Crippen LogP contribution in [0.25, 0.3) is 11.1 Å². The van der Waals surface area contributed by atoms with Gasteiger partial charge in [-0.2, -0.15) is 0 Å². The summed E-state index contributed by atoms with van der Waals surface area (Å²) in [7, 11) is 1.72. The highest BCUT2D eigenvalue weighted by Crippen LogP contribution is 2.23. The zero-order valence-electron chi connectivity index (χ0n) is 22.2. The number of ether oxygens (including phenoxy) is 2. The molecule has 8 nitrogen and oxygen atoms in total. The van der Waals surface area contributed by atoms with E-state index in [0.717, 1.165) is 22.3 Å². The second kappa shape index (κ2) is 13.6. The third-order valence-electron chi connectivity index (χ3n) is 5.22. The molecule has 2 aromatic carbocycles. The van der Waals surface area contributed by atoms with Crippen molar-refractivity contribution in [3.63, 3.8) is 0 Å². The number of benzene rings is 2. The van der Waals surface area contributed by atoms with E-state index >= 15 is 0 Å². The quantitative estimate of drug-likeness (QED) is 0.467. The SMILES string of the molecule is CCCC(=O)NNC(=O)C(Cc1ccc(-c2cccc(CN(C)C(=O)OC(C)(C)C)c2)cc1)OCC. The molecule has 2 aromatic rings. The van der Waals surface area contributed by atoms with E-state index in [0.29, 0.717) is 32.4 Å². The summed E-state index contributed by atoms with van der Waals surface area (Å²) in [6.45, 7) is 10.1. The van der Waals surface area contributed by atoms with E-state index in [9.17, 15) is 14.4 Å². The average molecular weight is 498 g/mol. The molecule has 196 valence electrons. The van der Waals surface area contributed by atoms with Crippen LogP contribution in [0.4, 0.5) is 4.79 Å². The summed E-state index contributed by atoms with van der Waals surface area (Å²) in [5, 5.41) is 0. The largest absolute Gasteiger partial charge is 0.444 e. The maximum absolute atomic E-state index is 12.5. The first-order valence-electron chi connectivity index (χ1n) is 12.3. The molecule has 0 fully saturated rings. The summed E-state index contributed by atoms with van der Waals surface area (Å²) in [5.41, 5.74) is 8.30. The van der Waals surface area contributed by atoms with Gasteiger partial charge in [0.25, 0.3) is 5.91 Å². The van der Waals surface area contributed by atoms with Gasteiger partial charge in [-0.15, -0.1) is 0 Å². The molecular formula is C28H39N3O5. The number of hydrogen-bond donors (Lipinski definition) is 2. The monoisotopic (exact) mass is 497 g/mol. The maximum atomic E-state index is 12.5. The van der Waals surface area contributed by atoms with Gasteiger partial charge in [0.15, 0.2) is 0 Å². The number of nitrogens with zero attached hydrogens (tertiary/aromatic N) is 1. The summed E-state index contributed by atoms with van der Waals surface area (Å²) in [6.07, 6.45) is 0.348. The zero-order valence-corrected chi connectivity index (χ0v) is 22.2. The van der Waals surface area contributed by atoms with Crippen LogP contribution in [0, 0.1) is 0 Å². The number of nitrogens with one attached hydrogen (secondary N) is 2. The molecule has 0 aliphatic heterocycles. The molecule has 0 bridgehead atoms. The van der Waals surface area contributed by atoms with Crippen LogP contribution in [0.15, 0.2) is 48.5 Å². The van der Waals surface area contributed by atoms with Crippen LogP contribution in [0.5, 0.6) is 0 Å². The van der Waals surface area contributed by atoms with Crippen molar-refractivity contribution < 1.29 is 23.9 Å². The summed E-state index contributed by atoms with van der Waals surface area (Å²) in [5.74, 6) is -0.614. The first kappa shape index (κ1) is 28.8. The standard InChI is InChI=1S/C28H39N3O5/c1-7-10-25(32)29-30-26(33)24(35-8-2)18-20-13-15-22(16-14-20)23-12-9-11-21(17-23)19-31(6)27(34)36-28(3,4)5/h9,11-17,24H,7-8,10,18-19H2,1-6H3,(H,29,32)(H,30,33). The molecular weight excluding hydrogens is 458 g/mol. The lowest BCUT2D eigenvalue weighted by atomic mass is 9.99. The van der Waals surface area contributed by atoms with Gasteiger partial charge >= 0.3 is 6.09 Å². The summed E-state index contributed by atoms with van der Waals surface area (Å²) in [6, 6.07) is 15.9. The Bertz CT molecular complexity index is 1010. The van der Waals surface area contributed by atoms with Crippen LogP contribution >= 0.6 is 0 Å².